The summed E-state index contributed by atoms with van der Waals surface area (Å²) in [6, 6.07) is 10.3. The van der Waals surface area contributed by atoms with Gasteiger partial charge >= 0.3 is 0 Å². The Bertz CT molecular complexity index is 369. The number of nitrogens with zero attached hydrogens (tertiary/aromatic N) is 1. The smallest absolute Gasteiger partial charge is 0.290 e. The van der Waals surface area contributed by atoms with Gasteiger partial charge in [0.2, 0.25) is 0 Å². The molecule has 0 fully saturated rings. The average Bonchev–Trinajstić information content (AvgIpc) is 2.30. The fourth-order valence-corrected chi connectivity index (χ4v) is 0.534. The molecular weight excluding hydrogens is 300 g/mol. The zero-order valence-corrected chi connectivity index (χ0v) is 13.2. The second kappa shape index (κ2) is 17.1. The zero-order valence-electron chi connectivity index (χ0n) is 11.6. The van der Waals surface area contributed by atoms with E-state index in [4.69, 9.17) is 20.1 Å². The van der Waals surface area contributed by atoms with Crippen LogP contribution in [0.15, 0.2) is 30.3 Å². The van der Waals surface area contributed by atoms with Gasteiger partial charge in [-0.3, -0.25) is 4.79 Å². The molecule has 0 atom stereocenters. The lowest BCUT2D eigenvalue weighted by Gasteiger charge is -2.03. The summed E-state index contributed by atoms with van der Waals surface area (Å²) in [5.74, 6) is 0. The van der Waals surface area contributed by atoms with Crippen LogP contribution in [0.2, 0.25) is 0 Å². The van der Waals surface area contributed by atoms with Crippen molar-refractivity contribution in [2.45, 2.75) is 6.92 Å². The van der Waals surface area contributed by atoms with Crippen LogP contribution in [0.1, 0.15) is 5.56 Å². The summed E-state index contributed by atoms with van der Waals surface area (Å²) >= 11 is 8.17. The Morgan fingerprint density at radius 1 is 1.20 bits per heavy atom. The van der Waals surface area contributed by atoms with Crippen LogP contribution in [0, 0.1) is 6.92 Å². The van der Waals surface area contributed by atoms with E-state index in [1.54, 1.807) is 14.1 Å². The summed E-state index contributed by atoms with van der Waals surface area (Å²) in [5, 5.41) is 22.2. The molecule has 1 rings (SSSR count). The van der Waals surface area contributed by atoms with E-state index in [0.717, 1.165) is 0 Å². The number of benzene rings is 1. The zero-order chi connectivity index (χ0) is 16.6. The summed E-state index contributed by atoms with van der Waals surface area (Å²) in [6.07, 6.45) is 0. The Hall–Kier alpha value is -1.93. The van der Waals surface area contributed by atoms with E-state index in [-0.39, 0.29) is 11.6 Å². The van der Waals surface area contributed by atoms with Gasteiger partial charge < -0.3 is 26.0 Å². The minimum Gasteiger partial charge on any atom is -0.487 e. The van der Waals surface area contributed by atoms with Crippen LogP contribution in [0.5, 0.6) is 0 Å². The Labute approximate surface area is 129 Å². The molecule has 1 aromatic rings. The molecule has 0 spiro atoms. The predicted molar refractivity (Wildman–Crippen MR) is 88.2 cm³/mol. The van der Waals surface area contributed by atoms with Gasteiger partial charge in [-0.2, -0.15) is 0 Å². The number of nitrogens with two attached hydrogens (primary N) is 1. The number of rotatable bonds is 0. The van der Waals surface area contributed by atoms with Crippen LogP contribution in [-0.2, 0) is 4.79 Å². The highest BCUT2D eigenvalue weighted by Crippen LogP contribution is 1.92. The van der Waals surface area contributed by atoms with Crippen molar-refractivity contribution < 1.29 is 20.1 Å². The summed E-state index contributed by atoms with van der Waals surface area (Å²) in [7, 11) is 3.37. The molecule has 0 radical (unpaired) electrons. The van der Waals surface area contributed by atoms with Gasteiger partial charge in [-0.25, -0.2) is 0 Å². The molecular formula is C12H20N2O4S2. The average molecular weight is 320 g/mol. The summed E-state index contributed by atoms with van der Waals surface area (Å²) in [5.41, 5.74) is 5.72. The highest BCUT2D eigenvalue weighted by atomic mass is 32.1. The van der Waals surface area contributed by atoms with E-state index in [9.17, 15) is 0 Å². The maximum atomic E-state index is 8.36. The molecule has 0 aliphatic heterocycles. The number of hydrogen-bond acceptors (Lipinski definition) is 3. The number of aryl methyl sites for hydroxylation is 1. The number of aliphatic hydroxyl groups is 2. The molecule has 0 unspecified atom stereocenters. The Balaban J connectivity index is -0.000000204. The van der Waals surface area contributed by atoms with Crippen molar-refractivity contribution in [2.75, 3.05) is 14.1 Å². The maximum Gasteiger partial charge on any atom is 0.290 e. The highest BCUT2D eigenvalue weighted by molar-refractivity contribution is 7.80. The number of hydrogen-bond donors (Lipinski definition) is 4. The monoisotopic (exact) mass is 320 g/mol. The third kappa shape index (κ3) is 36.0. The maximum absolute atomic E-state index is 8.36. The molecule has 114 valence electrons. The second-order valence-corrected chi connectivity index (χ2v) is 4.06. The largest absolute Gasteiger partial charge is 0.487 e. The molecule has 0 aliphatic carbocycles. The van der Waals surface area contributed by atoms with Gasteiger partial charge in [0.25, 0.3) is 16.8 Å². The van der Waals surface area contributed by atoms with Gasteiger partial charge in [-0.05, 0) is 31.4 Å². The fraction of sp³-hybridized carbons (Fsp3) is 0.250. The van der Waals surface area contributed by atoms with E-state index in [2.05, 4.69) is 49.2 Å². The molecule has 0 bridgehead atoms. The lowest BCUT2D eigenvalue weighted by Crippen LogP contribution is -2.17. The van der Waals surface area contributed by atoms with Crippen molar-refractivity contribution in [3.8, 4) is 0 Å². The lowest BCUT2D eigenvalue weighted by molar-refractivity contribution is -0.122. The van der Waals surface area contributed by atoms with Crippen LogP contribution < -0.4 is 5.73 Å². The van der Waals surface area contributed by atoms with E-state index in [0.29, 0.717) is 0 Å². The predicted octanol–water partition coefficient (Wildman–Crippen LogP) is 1.87. The molecule has 0 heterocycles. The molecule has 0 amide bonds. The minimum absolute atomic E-state index is 0.0741. The molecule has 6 nitrogen and oxygen atoms in total. The summed E-state index contributed by atoms with van der Waals surface area (Å²) in [4.78, 5) is 9.81. The van der Waals surface area contributed by atoms with Crippen molar-refractivity contribution in [3.63, 3.8) is 0 Å². The number of aliphatic hydroxyl groups excluding tert-OH is 2. The number of carboxylic acid groups (broad SMARTS) is 1. The van der Waals surface area contributed by atoms with Crippen molar-refractivity contribution in [2.24, 2.45) is 5.73 Å². The Morgan fingerprint density at radius 3 is 1.55 bits per heavy atom. The molecule has 20 heavy (non-hydrogen) atoms. The van der Waals surface area contributed by atoms with E-state index in [1.165, 1.54) is 10.5 Å². The van der Waals surface area contributed by atoms with Crippen molar-refractivity contribution >= 4 is 41.3 Å². The Morgan fingerprint density at radius 2 is 1.45 bits per heavy atom. The van der Waals surface area contributed by atoms with Gasteiger partial charge in [0.1, 0.15) is 0 Å². The van der Waals surface area contributed by atoms with Gasteiger partial charge in [0, 0.05) is 14.1 Å². The van der Waals surface area contributed by atoms with Crippen molar-refractivity contribution in [1.29, 1.82) is 0 Å². The first-order valence-electron chi connectivity index (χ1n) is 5.17. The first-order valence-corrected chi connectivity index (χ1v) is 5.98. The topological polar surface area (TPSA) is 107 Å². The number of carbonyl (C=O) groups is 1. The summed E-state index contributed by atoms with van der Waals surface area (Å²) in [6.45, 7) is 1.83. The van der Waals surface area contributed by atoms with E-state index < -0.39 is 5.17 Å². The fourth-order valence-electron chi connectivity index (χ4n) is 0.534. The lowest BCUT2D eigenvalue weighted by atomic mass is 10.2. The van der Waals surface area contributed by atoms with Crippen LogP contribution in [0.4, 0.5) is 0 Å². The standard InChI is InChI=1S/C7H8.C3H7NOS.CH3NOS.CH2O2/c1-7-5-3-2-4-6-7;1-4(2)3(5)6;2-1(3)4;2-1-3/h2-6H,1H3;1-2H3,(H,5,6);(H3,2,3,4);1H,(H,2,3). The SMILES string of the molecule is CN(C)C(O)=S.Cc1ccccc1.NC(O)=S.O=CO. The normalized spacial score (nSPS) is 7.15. The first kappa shape index (κ1) is 23.2. The van der Waals surface area contributed by atoms with E-state index in [1.807, 2.05) is 18.2 Å². The highest BCUT2D eigenvalue weighted by Gasteiger charge is 1.86. The second-order valence-electron chi connectivity index (χ2n) is 3.28. The molecule has 0 aliphatic rings. The van der Waals surface area contributed by atoms with E-state index >= 15 is 0 Å². The number of thiocarbonyl (C=S) groups is 2. The van der Waals surface area contributed by atoms with Crippen LogP contribution in [-0.4, -0.2) is 51.1 Å². The molecule has 1 aromatic carbocycles. The molecule has 8 heteroatoms. The van der Waals surface area contributed by atoms with Crippen LogP contribution >= 0.6 is 24.4 Å². The summed E-state index contributed by atoms with van der Waals surface area (Å²) < 4.78 is 0. The minimum atomic E-state index is -0.500. The molecule has 0 saturated heterocycles. The van der Waals surface area contributed by atoms with Crippen molar-refractivity contribution in [3.05, 3.63) is 35.9 Å². The van der Waals surface area contributed by atoms with Gasteiger partial charge in [-0.15, -0.1) is 0 Å². The first-order chi connectivity index (χ1) is 9.18. The third-order valence-electron chi connectivity index (χ3n) is 1.32. The molecule has 0 aromatic heterocycles. The van der Waals surface area contributed by atoms with Gasteiger partial charge in [-0.1, -0.05) is 35.9 Å². The van der Waals surface area contributed by atoms with Crippen molar-refractivity contribution in [1.82, 2.24) is 4.90 Å². The molecule has 5 N–H and O–H groups in total. The van der Waals surface area contributed by atoms with Gasteiger partial charge in [0.15, 0.2) is 0 Å². The van der Waals surface area contributed by atoms with Crippen LogP contribution in [0.25, 0.3) is 0 Å². The quantitative estimate of drug-likeness (QED) is 0.424. The third-order valence-corrected chi connectivity index (χ3v) is 1.69. The molecule has 0 saturated carbocycles. The Kier molecular flexibility index (Phi) is 19.8. The van der Waals surface area contributed by atoms with Crippen LogP contribution in [0.3, 0.4) is 0 Å². The van der Waals surface area contributed by atoms with Gasteiger partial charge in [0.05, 0.1) is 0 Å².